The number of pyridine rings is 2. The summed E-state index contributed by atoms with van der Waals surface area (Å²) in [4.78, 5) is 91.5. The number of aliphatic hydroxyl groups excluding tert-OH is 1. The number of anilines is 2. The molecule has 4 aromatic rings. The van der Waals surface area contributed by atoms with Gasteiger partial charge in [0.1, 0.15) is 34.7 Å². The maximum Gasteiger partial charge on any atom is 0.365 e. The number of nitrogens with zero attached hydrogens (tertiary/aromatic N) is 4. The Morgan fingerprint density at radius 3 is 1.83 bits per heavy atom. The maximum absolute atomic E-state index is 17.0. The van der Waals surface area contributed by atoms with Crippen LogP contribution in [0.5, 0.6) is 11.5 Å². The predicted octanol–water partition coefficient (Wildman–Crippen LogP) is 6.62. The van der Waals surface area contributed by atoms with E-state index in [0.29, 0.717) is 102 Å². The fraction of sp³-hybridized carbons (Fsp3) is 0.587. The molecule has 7 fully saturated rings. The second-order valence-corrected chi connectivity index (χ2v) is 25.4. The first-order chi connectivity index (χ1) is 40.0. The Hall–Kier alpha value is -6.52. The molecule has 19 nitrogen and oxygen atoms in total. The number of allylic oxidation sites excluding steroid dienone is 4. The van der Waals surface area contributed by atoms with Gasteiger partial charge in [0.15, 0.2) is 34.7 Å². The first-order valence-corrected chi connectivity index (χ1v) is 29.8. The number of carbonyl (C=O) groups excluding carboxylic acids is 4. The number of nitrogens with one attached hydrogen (secondary N) is 2. The highest BCUT2D eigenvalue weighted by Gasteiger charge is 2.68. The van der Waals surface area contributed by atoms with Gasteiger partial charge < -0.3 is 63.5 Å². The smallest absolute Gasteiger partial charge is 0.365 e. The number of aliphatic hydroxyl groups is 2. The molecule has 0 radical (unpaired) electrons. The number of aryl methyl sites for hydroxylation is 2. The molecule has 21 heteroatoms. The van der Waals surface area contributed by atoms with Gasteiger partial charge >= 0.3 is 18.4 Å². The lowest BCUT2D eigenvalue weighted by Crippen LogP contribution is -2.61. The molecule has 84 heavy (non-hydrogen) atoms. The van der Waals surface area contributed by atoms with Crippen molar-refractivity contribution in [3.05, 3.63) is 89.5 Å². The summed E-state index contributed by atoms with van der Waals surface area (Å²) in [7, 11) is 2.81. The molecule has 0 bridgehead atoms. The van der Waals surface area contributed by atoms with Crippen molar-refractivity contribution in [2.75, 3.05) is 76.4 Å². The summed E-state index contributed by atoms with van der Waals surface area (Å²) in [6.45, 7) is 11.9. The van der Waals surface area contributed by atoms with Crippen molar-refractivity contribution in [1.29, 1.82) is 0 Å². The van der Waals surface area contributed by atoms with Crippen molar-refractivity contribution < 1.29 is 61.9 Å². The van der Waals surface area contributed by atoms with Crippen molar-refractivity contribution in [2.45, 2.75) is 143 Å². The van der Waals surface area contributed by atoms with E-state index >= 15 is 28.0 Å². The van der Waals surface area contributed by atoms with E-state index in [0.717, 1.165) is 5.57 Å². The number of halogens is 2. The number of fused-ring (bicyclic) bond motifs is 7. The van der Waals surface area contributed by atoms with Crippen LogP contribution < -0.4 is 40.8 Å². The zero-order valence-electron chi connectivity index (χ0n) is 49.3. The van der Waals surface area contributed by atoms with E-state index in [1.54, 1.807) is 36.0 Å². The average Bonchev–Trinajstić information content (AvgIpc) is 1.68. The minimum atomic E-state index is -2.46. The molecule has 2 aromatic carbocycles. The fourth-order valence-corrected chi connectivity index (χ4v) is 16.2. The zero-order valence-corrected chi connectivity index (χ0v) is 49.3. The second kappa shape index (κ2) is 21.2. The first-order valence-electron chi connectivity index (χ1n) is 29.8. The summed E-state index contributed by atoms with van der Waals surface area (Å²) < 4.78 is 67.5. The third kappa shape index (κ3) is 8.85. The van der Waals surface area contributed by atoms with Gasteiger partial charge in [-0.2, -0.15) is 0 Å². The third-order valence-corrected chi connectivity index (χ3v) is 20.6. The molecular weight excluding hydrogens is 1090 g/mol. The lowest BCUT2D eigenvalue weighted by atomic mass is 9.46. The van der Waals surface area contributed by atoms with Gasteiger partial charge in [-0.25, -0.2) is 18.4 Å². The average molecular weight is 1160 g/mol. The first kappa shape index (κ1) is 57.9. The number of Topliss-reactive ketones (excluding diaryl/α,β-unsaturated/α-hetero) is 1. The summed E-state index contributed by atoms with van der Waals surface area (Å²) in [6.07, 6.45) is 8.38. The summed E-state index contributed by atoms with van der Waals surface area (Å²) in [5.41, 5.74) is -4.67. The molecular formula is C63H76F2N6O13. The van der Waals surface area contributed by atoms with E-state index in [-0.39, 0.29) is 111 Å². The van der Waals surface area contributed by atoms with Crippen LogP contribution in [0.4, 0.5) is 20.2 Å². The fourth-order valence-electron chi connectivity index (χ4n) is 16.2. The van der Waals surface area contributed by atoms with Gasteiger partial charge in [0.05, 0.1) is 42.1 Å². The Balaban J connectivity index is 0.930. The van der Waals surface area contributed by atoms with Gasteiger partial charge in [-0.1, -0.05) is 25.5 Å². The lowest BCUT2D eigenvalue weighted by Gasteiger charge is -2.59. The van der Waals surface area contributed by atoms with Gasteiger partial charge in [0.2, 0.25) is 10.9 Å². The van der Waals surface area contributed by atoms with Crippen LogP contribution in [0.2, 0.25) is 0 Å². The number of piperazine rings is 2. The molecule has 2 aromatic heterocycles. The van der Waals surface area contributed by atoms with Crippen LogP contribution in [0.3, 0.4) is 0 Å². The van der Waals surface area contributed by atoms with Crippen molar-refractivity contribution in [1.82, 2.24) is 19.8 Å². The highest BCUT2D eigenvalue weighted by atomic mass is 19.1. The van der Waals surface area contributed by atoms with Crippen molar-refractivity contribution >= 4 is 56.7 Å². The Kier molecular flexibility index (Phi) is 14.6. The number of ketones is 2. The number of rotatable bonds is 14. The molecule has 2 unspecified atom stereocenters. The molecule has 2 saturated heterocycles. The van der Waals surface area contributed by atoms with Gasteiger partial charge in [-0.15, -0.1) is 0 Å². The molecule has 12 rings (SSSR count). The highest BCUT2D eigenvalue weighted by Crippen LogP contribution is 2.67. The number of carbonyl (C=O) groups is 4. The number of esters is 2. The van der Waals surface area contributed by atoms with Crippen LogP contribution >= 0.6 is 0 Å². The van der Waals surface area contributed by atoms with E-state index < -0.39 is 87.0 Å². The van der Waals surface area contributed by atoms with E-state index in [2.05, 4.69) is 10.6 Å². The predicted molar refractivity (Wildman–Crippen MR) is 308 cm³/mol. The van der Waals surface area contributed by atoms with Crippen LogP contribution in [0, 0.1) is 67.9 Å². The summed E-state index contributed by atoms with van der Waals surface area (Å²) >= 11 is 0. The van der Waals surface area contributed by atoms with E-state index in [1.165, 1.54) is 34.1 Å². The molecule has 4 heterocycles. The number of aromatic nitrogens is 2. The van der Waals surface area contributed by atoms with E-state index in [1.807, 2.05) is 29.7 Å². The molecule has 9 atom stereocenters. The molecule has 0 amide bonds. The Morgan fingerprint density at radius 2 is 1.31 bits per heavy atom. The largest absolute Gasteiger partial charge is 0.492 e. The monoisotopic (exact) mass is 1160 g/mol. The molecule has 4 N–H and O–H groups in total. The number of ether oxygens (including phenoxy) is 5. The van der Waals surface area contributed by atoms with Crippen molar-refractivity contribution in [3.8, 4) is 11.5 Å². The minimum absolute atomic E-state index is 0.0111. The third-order valence-electron chi connectivity index (χ3n) is 20.6. The SMILES string of the molecule is COc1c(N2CCNCC2)c(F)c(C)c2c(=O)c(C(=O)OC(OCC(=O)[C@@]3(O)CC[C@H]4[C@@H]5CCC6=CC(=O)C=C[C@]6(C)[C@H]5[C@@H](O)C[C@@]43C)OC(=O)c3c(C)n(C4CC4)c4c(OC)c(N5CCNC(C)C5)c(F)c(C)c4c3=O)c(C)n(C3CC3)c12. The van der Waals surface area contributed by atoms with Gasteiger partial charge in [-0.3, -0.25) is 19.2 Å². The molecule has 2 aliphatic heterocycles. The Morgan fingerprint density at radius 1 is 0.774 bits per heavy atom. The molecule has 8 aliphatic rings. The van der Waals surface area contributed by atoms with E-state index in [4.69, 9.17) is 23.7 Å². The van der Waals surface area contributed by atoms with Crippen LogP contribution in [-0.4, -0.2) is 134 Å². The minimum Gasteiger partial charge on any atom is -0.492 e. The number of methoxy groups -OCH3 is 2. The quantitative estimate of drug-likeness (QED) is 0.0768. The van der Waals surface area contributed by atoms with Crippen LogP contribution in [0.25, 0.3) is 21.8 Å². The maximum atomic E-state index is 17.0. The lowest BCUT2D eigenvalue weighted by molar-refractivity contribution is -0.237. The Bertz CT molecular complexity index is 3670. The van der Waals surface area contributed by atoms with Gasteiger partial charge in [0, 0.05) is 103 Å². The summed E-state index contributed by atoms with van der Waals surface area (Å²) in [5, 5.41) is 31.3. The Labute approximate surface area is 485 Å². The molecule has 5 saturated carbocycles. The highest BCUT2D eigenvalue weighted by molar-refractivity contribution is 6.03. The van der Waals surface area contributed by atoms with Crippen LogP contribution in [0.1, 0.15) is 134 Å². The molecule has 0 spiro atoms. The standard InChI is InChI=1S/C63H76F2N6O13/c1-30-28-69(25-22-67-30)53-49(65)32(3)44-51(57(53)81-9)71(37-13-14-37)34(5)46(55(44)76)59(78)84-60(82-29-42(74)63(79)19-17-40-39-15-10-35-26-38(72)16-18-61(35,6)47(39)41(73)27-62(40,63)7)83-58(77)45-33(4)70(36-11-12-36)50-43(54(45)75)31(2)48(64)52(56(50)80-8)68-23-20-66-21-24-68/h16,18,26,30,36-37,39-41,47,60,66-67,73,79H,10-15,17,19-25,27-29H2,1-9H3/t30?,39-,40-,41-,47+,60?,61-,62-,63-/m0/s1. The second-order valence-electron chi connectivity index (χ2n) is 25.4. The van der Waals surface area contributed by atoms with Gasteiger partial charge in [0.25, 0.3) is 0 Å². The van der Waals surface area contributed by atoms with E-state index in [9.17, 15) is 19.8 Å². The summed E-state index contributed by atoms with van der Waals surface area (Å²) in [5.74, 6) is -5.51. The van der Waals surface area contributed by atoms with Crippen molar-refractivity contribution in [3.63, 3.8) is 0 Å². The summed E-state index contributed by atoms with van der Waals surface area (Å²) in [6, 6.07) is -0.443. The normalized spacial score (nSPS) is 28.8. The van der Waals surface area contributed by atoms with Crippen LogP contribution in [-0.2, 0) is 23.8 Å². The molecule has 450 valence electrons. The van der Waals surface area contributed by atoms with Gasteiger partial charge in [-0.05, 0) is 116 Å². The van der Waals surface area contributed by atoms with Crippen LogP contribution in [0.15, 0.2) is 33.4 Å². The zero-order chi connectivity index (χ0) is 59.8. The topological polar surface area (TPSA) is 229 Å². The number of hydrogen-bond acceptors (Lipinski definition) is 17. The number of benzene rings is 2. The molecule has 6 aliphatic carbocycles. The van der Waals surface area contributed by atoms with Crippen molar-refractivity contribution in [2.24, 2.45) is 28.6 Å². The number of hydrogen-bond donors (Lipinski definition) is 4.